The smallest absolute Gasteiger partial charge is 0.378 e. The van der Waals surface area contributed by atoms with E-state index in [0.717, 1.165) is 10.6 Å². The highest BCUT2D eigenvalue weighted by Gasteiger charge is 2.40. The summed E-state index contributed by atoms with van der Waals surface area (Å²) in [6.07, 6.45) is -6.14. The van der Waals surface area contributed by atoms with Crippen molar-refractivity contribution < 1.29 is 18.3 Å². The molecule has 0 radical (unpaired) electrons. The van der Waals surface area contributed by atoms with Gasteiger partial charge in [-0.2, -0.15) is 13.2 Å². The molecule has 0 saturated carbocycles. The number of hydrogen-bond donors (Lipinski definition) is 1. The van der Waals surface area contributed by atoms with Crippen molar-refractivity contribution in [3.63, 3.8) is 0 Å². The number of aliphatic hydroxyl groups excluding tert-OH is 1. The minimum Gasteiger partial charge on any atom is -0.378 e. The Hall–Kier alpha value is -1.30. The largest absolute Gasteiger partial charge is 0.420 e. The molecule has 6 heteroatoms. The van der Waals surface area contributed by atoms with Crippen molar-refractivity contribution in [1.29, 1.82) is 0 Å². The number of rotatable bonds is 1. The van der Waals surface area contributed by atoms with Crippen LogP contribution in [0.4, 0.5) is 13.2 Å². The Balaban J connectivity index is 3.27. The molecule has 0 aliphatic heterocycles. The van der Waals surface area contributed by atoms with E-state index in [2.05, 4.69) is 0 Å². The topological polar surface area (TPSA) is 42.2 Å². The molecule has 1 unspecified atom stereocenters. The van der Waals surface area contributed by atoms with Gasteiger partial charge in [0.25, 0.3) is 0 Å². The van der Waals surface area contributed by atoms with Crippen LogP contribution in [0.3, 0.4) is 0 Å². The van der Waals surface area contributed by atoms with Gasteiger partial charge in [-0.3, -0.25) is 4.79 Å². The van der Waals surface area contributed by atoms with Crippen molar-refractivity contribution in [3.8, 4) is 0 Å². The van der Waals surface area contributed by atoms with Crippen LogP contribution in [0, 0.1) is 6.92 Å². The molecule has 1 heterocycles. The van der Waals surface area contributed by atoms with E-state index in [9.17, 15) is 18.0 Å². The average molecular weight is 221 g/mol. The normalized spacial score (nSPS) is 14.0. The van der Waals surface area contributed by atoms with Crippen LogP contribution in [0.5, 0.6) is 0 Å². The van der Waals surface area contributed by atoms with Crippen LogP contribution >= 0.6 is 0 Å². The first-order valence-electron chi connectivity index (χ1n) is 4.15. The summed E-state index contributed by atoms with van der Waals surface area (Å²) in [4.78, 5) is 11.1. The molecular formula is C9H10F3NO2. The van der Waals surface area contributed by atoms with Crippen molar-refractivity contribution in [2.24, 2.45) is 7.05 Å². The number of aryl methyl sites for hydroxylation is 2. The quantitative estimate of drug-likeness (QED) is 0.776. The van der Waals surface area contributed by atoms with Crippen molar-refractivity contribution in [2.75, 3.05) is 0 Å². The van der Waals surface area contributed by atoms with Crippen LogP contribution in [0.1, 0.15) is 17.4 Å². The van der Waals surface area contributed by atoms with Gasteiger partial charge in [-0.05, 0) is 6.92 Å². The van der Waals surface area contributed by atoms with E-state index < -0.39 is 23.4 Å². The fourth-order valence-corrected chi connectivity index (χ4v) is 1.22. The summed E-state index contributed by atoms with van der Waals surface area (Å²) >= 11 is 0. The molecule has 0 aromatic carbocycles. The van der Waals surface area contributed by atoms with E-state index in [1.54, 1.807) is 0 Å². The molecule has 1 rings (SSSR count). The highest BCUT2D eigenvalue weighted by atomic mass is 19.4. The van der Waals surface area contributed by atoms with Crippen LogP contribution < -0.4 is 5.43 Å². The lowest BCUT2D eigenvalue weighted by Gasteiger charge is -2.18. The second-order valence-electron chi connectivity index (χ2n) is 3.30. The van der Waals surface area contributed by atoms with Gasteiger partial charge in [0, 0.05) is 24.9 Å². The second kappa shape index (κ2) is 3.69. The summed E-state index contributed by atoms with van der Waals surface area (Å²) < 4.78 is 37.6. The van der Waals surface area contributed by atoms with Crippen molar-refractivity contribution >= 4 is 0 Å². The molecule has 1 atom stereocenters. The van der Waals surface area contributed by atoms with Crippen LogP contribution in [-0.4, -0.2) is 15.8 Å². The molecule has 1 aromatic rings. The van der Waals surface area contributed by atoms with Crippen LogP contribution in [-0.2, 0) is 7.05 Å². The number of aromatic nitrogens is 1. The van der Waals surface area contributed by atoms with Crippen molar-refractivity contribution in [2.45, 2.75) is 19.2 Å². The zero-order valence-corrected chi connectivity index (χ0v) is 8.17. The maximum atomic E-state index is 12.2. The van der Waals surface area contributed by atoms with Gasteiger partial charge in [0.1, 0.15) is 0 Å². The summed E-state index contributed by atoms with van der Waals surface area (Å²) in [6.45, 7) is 1.49. The molecule has 0 fully saturated rings. The maximum Gasteiger partial charge on any atom is 0.420 e. The number of alkyl halides is 3. The second-order valence-corrected chi connectivity index (χ2v) is 3.30. The molecule has 0 amide bonds. The number of halogens is 3. The van der Waals surface area contributed by atoms with Crippen LogP contribution in [0.25, 0.3) is 0 Å². The van der Waals surface area contributed by atoms with Gasteiger partial charge in [0.15, 0.2) is 11.5 Å². The molecule has 15 heavy (non-hydrogen) atoms. The van der Waals surface area contributed by atoms with Gasteiger partial charge in [-0.1, -0.05) is 0 Å². The molecule has 0 aliphatic rings. The van der Waals surface area contributed by atoms with Crippen LogP contribution in [0.15, 0.2) is 17.1 Å². The molecule has 3 nitrogen and oxygen atoms in total. The van der Waals surface area contributed by atoms with Gasteiger partial charge in [-0.25, -0.2) is 0 Å². The zero-order valence-electron chi connectivity index (χ0n) is 8.17. The van der Waals surface area contributed by atoms with E-state index in [1.165, 1.54) is 20.2 Å². The van der Waals surface area contributed by atoms with E-state index in [1.807, 2.05) is 0 Å². The fourth-order valence-electron chi connectivity index (χ4n) is 1.22. The molecule has 0 saturated heterocycles. The zero-order chi connectivity index (χ0) is 11.8. The first kappa shape index (κ1) is 11.8. The van der Waals surface area contributed by atoms with Gasteiger partial charge in [0.05, 0.1) is 5.69 Å². The number of hydrogen-bond acceptors (Lipinski definition) is 2. The molecule has 1 aromatic heterocycles. The summed E-state index contributed by atoms with van der Waals surface area (Å²) in [5, 5.41) is 8.97. The van der Waals surface area contributed by atoms with Crippen molar-refractivity contribution in [3.05, 3.63) is 33.7 Å². The van der Waals surface area contributed by atoms with E-state index in [0.29, 0.717) is 5.56 Å². The monoisotopic (exact) mass is 221 g/mol. The highest BCUT2D eigenvalue weighted by Crippen LogP contribution is 2.31. The third-order valence-electron chi connectivity index (χ3n) is 2.05. The van der Waals surface area contributed by atoms with E-state index in [4.69, 9.17) is 5.11 Å². The summed E-state index contributed by atoms with van der Waals surface area (Å²) in [5.74, 6) is 0. The maximum absolute atomic E-state index is 12.2. The molecule has 0 aliphatic carbocycles. The Kier molecular flexibility index (Phi) is 2.90. The Morgan fingerprint density at radius 2 is 2.00 bits per heavy atom. The lowest BCUT2D eigenvalue weighted by Crippen LogP contribution is -2.25. The Bertz CT molecular complexity index is 422. The van der Waals surface area contributed by atoms with Crippen molar-refractivity contribution in [1.82, 2.24) is 4.57 Å². The van der Waals surface area contributed by atoms with E-state index in [-0.39, 0.29) is 0 Å². The summed E-state index contributed by atoms with van der Waals surface area (Å²) in [7, 11) is 1.34. The highest BCUT2D eigenvalue weighted by molar-refractivity contribution is 5.17. The van der Waals surface area contributed by atoms with E-state index >= 15 is 0 Å². The number of pyridine rings is 1. The molecule has 1 N–H and O–H groups in total. The standard InChI is InChI=1S/C9H10F3NO2/c1-5-4-13(2)6(3-7(5)14)8(15)9(10,11)12/h3-4,8,15H,1-2H3. The van der Waals surface area contributed by atoms with Gasteiger partial charge in [-0.15, -0.1) is 0 Å². The Labute approximate surface area is 83.8 Å². The Morgan fingerprint density at radius 3 is 2.47 bits per heavy atom. The average Bonchev–Trinajstić information content (AvgIpc) is 2.08. The molecule has 0 bridgehead atoms. The predicted molar refractivity (Wildman–Crippen MR) is 47.4 cm³/mol. The predicted octanol–water partition coefficient (Wildman–Crippen LogP) is 1.29. The lowest BCUT2D eigenvalue weighted by molar-refractivity contribution is -0.208. The first-order valence-corrected chi connectivity index (χ1v) is 4.15. The fraction of sp³-hybridized carbons (Fsp3) is 0.444. The number of nitrogens with zero attached hydrogens (tertiary/aromatic N) is 1. The van der Waals surface area contributed by atoms with Crippen LogP contribution in [0.2, 0.25) is 0 Å². The third-order valence-corrected chi connectivity index (χ3v) is 2.05. The summed E-state index contributed by atoms with van der Waals surface area (Å²) in [5.41, 5.74) is -0.653. The SMILES string of the molecule is Cc1cn(C)c(C(O)C(F)(F)F)cc1=O. The molecule has 84 valence electrons. The minimum absolute atomic E-state index is 0.329. The number of aliphatic hydroxyl groups is 1. The van der Waals surface area contributed by atoms with Gasteiger partial charge in [0.2, 0.25) is 0 Å². The minimum atomic E-state index is -4.76. The Morgan fingerprint density at radius 1 is 1.47 bits per heavy atom. The third kappa shape index (κ3) is 2.38. The first-order chi connectivity index (χ1) is 6.73. The summed E-state index contributed by atoms with van der Waals surface area (Å²) in [6, 6.07) is 0.799. The van der Waals surface area contributed by atoms with Gasteiger partial charge < -0.3 is 9.67 Å². The van der Waals surface area contributed by atoms with Gasteiger partial charge >= 0.3 is 6.18 Å². The molecular weight excluding hydrogens is 211 g/mol. The molecule has 0 spiro atoms. The lowest BCUT2D eigenvalue weighted by atomic mass is 10.2.